The summed E-state index contributed by atoms with van der Waals surface area (Å²) in [6.07, 6.45) is 5.65. The van der Waals surface area contributed by atoms with Crippen LogP contribution in [-0.4, -0.2) is 17.6 Å². The van der Waals surface area contributed by atoms with Crippen molar-refractivity contribution in [2.45, 2.75) is 39.7 Å². The summed E-state index contributed by atoms with van der Waals surface area (Å²) in [6.45, 7) is 7.72. The number of nitrogens with zero attached hydrogens (tertiary/aromatic N) is 1. The van der Waals surface area contributed by atoms with Crippen molar-refractivity contribution in [3.05, 3.63) is 29.0 Å². The Hall–Kier alpha value is -0.600. The van der Waals surface area contributed by atoms with Crippen LogP contribution in [0.1, 0.15) is 32.8 Å². The molecule has 0 aromatic carbocycles. The molecular formula is C13H21ClN2. The first kappa shape index (κ1) is 13.5. The lowest BCUT2D eigenvalue weighted by Crippen LogP contribution is -2.36. The molecular weight excluding hydrogens is 220 g/mol. The van der Waals surface area contributed by atoms with E-state index in [0.29, 0.717) is 12.0 Å². The highest BCUT2D eigenvalue weighted by molar-refractivity contribution is 6.31. The monoisotopic (exact) mass is 240 g/mol. The fraction of sp³-hybridized carbons (Fsp3) is 0.615. The van der Waals surface area contributed by atoms with E-state index in [1.54, 1.807) is 12.4 Å². The van der Waals surface area contributed by atoms with Gasteiger partial charge >= 0.3 is 0 Å². The molecule has 1 aromatic rings. The summed E-state index contributed by atoms with van der Waals surface area (Å²) >= 11 is 6.12. The lowest BCUT2D eigenvalue weighted by atomic mass is 9.97. The highest BCUT2D eigenvalue weighted by atomic mass is 35.5. The van der Waals surface area contributed by atoms with Gasteiger partial charge in [0.15, 0.2) is 0 Å². The Kier molecular flexibility index (Phi) is 5.78. The minimum absolute atomic E-state index is 0.486. The molecule has 2 nitrogen and oxygen atoms in total. The predicted molar refractivity (Wildman–Crippen MR) is 69.9 cm³/mol. The normalized spacial score (nSPS) is 13.1. The van der Waals surface area contributed by atoms with Crippen LogP contribution in [0, 0.1) is 5.92 Å². The number of nitrogens with one attached hydrogen (secondary N) is 1. The van der Waals surface area contributed by atoms with Gasteiger partial charge < -0.3 is 5.32 Å². The van der Waals surface area contributed by atoms with E-state index in [4.69, 9.17) is 11.6 Å². The fourth-order valence-corrected chi connectivity index (χ4v) is 1.88. The van der Waals surface area contributed by atoms with Gasteiger partial charge in [-0.25, -0.2) is 0 Å². The summed E-state index contributed by atoms with van der Waals surface area (Å²) in [4.78, 5) is 4.01. The van der Waals surface area contributed by atoms with Crippen molar-refractivity contribution in [2.75, 3.05) is 6.54 Å². The van der Waals surface area contributed by atoms with Gasteiger partial charge in [-0.15, -0.1) is 0 Å². The second-order valence-corrected chi connectivity index (χ2v) is 4.88. The first-order valence-electron chi connectivity index (χ1n) is 5.97. The molecule has 0 spiro atoms. The Morgan fingerprint density at radius 1 is 1.44 bits per heavy atom. The third-order valence-corrected chi connectivity index (χ3v) is 3.10. The largest absolute Gasteiger partial charge is 0.313 e. The van der Waals surface area contributed by atoms with Gasteiger partial charge in [0.1, 0.15) is 0 Å². The zero-order valence-corrected chi connectivity index (χ0v) is 11.1. The van der Waals surface area contributed by atoms with Crippen LogP contribution >= 0.6 is 11.6 Å². The molecule has 1 unspecified atom stereocenters. The lowest BCUT2D eigenvalue weighted by molar-refractivity contribution is 0.397. The molecule has 1 aromatic heterocycles. The van der Waals surface area contributed by atoms with Crippen molar-refractivity contribution in [3.63, 3.8) is 0 Å². The molecule has 1 atom stereocenters. The summed E-state index contributed by atoms with van der Waals surface area (Å²) in [5.74, 6) is 0.607. The van der Waals surface area contributed by atoms with Crippen molar-refractivity contribution in [1.29, 1.82) is 0 Å². The average Bonchev–Trinajstić information content (AvgIpc) is 2.26. The molecule has 1 N–H and O–H groups in total. The average molecular weight is 241 g/mol. The van der Waals surface area contributed by atoms with Crippen LogP contribution in [0.25, 0.3) is 0 Å². The number of rotatable bonds is 6. The van der Waals surface area contributed by atoms with Crippen molar-refractivity contribution < 1.29 is 0 Å². The standard InChI is InChI=1S/C13H21ClN2/c1-4-6-16-13(10(2)3)8-11-5-7-15-9-12(11)14/h5,7,9-10,13,16H,4,6,8H2,1-3H3. The quantitative estimate of drug-likeness (QED) is 0.825. The Morgan fingerprint density at radius 3 is 2.75 bits per heavy atom. The maximum atomic E-state index is 6.12. The summed E-state index contributed by atoms with van der Waals surface area (Å²) in [5, 5.41) is 4.34. The highest BCUT2D eigenvalue weighted by Gasteiger charge is 2.14. The van der Waals surface area contributed by atoms with Crippen LogP contribution in [0.2, 0.25) is 5.02 Å². The summed E-state index contributed by atoms with van der Waals surface area (Å²) in [6, 6.07) is 2.49. The minimum atomic E-state index is 0.486. The van der Waals surface area contributed by atoms with Gasteiger partial charge in [-0.3, -0.25) is 4.98 Å². The van der Waals surface area contributed by atoms with Crippen molar-refractivity contribution in [2.24, 2.45) is 5.92 Å². The molecule has 16 heavy (non-hydrogen) atoms. The van der Waals surface area contributed by atoms with Crippen molar-refractivity contribution >= 4 is 11.6 Å². The molecule has 0 amide bonds. The number of pyridine rings is 1. The van der Waals surface area contributed by atoms with Crippen LogP contribution in [0.4, 0.5) is 0 Å². The topological polar surface area (TPSA) is 24.9 Å². The molecule has 0 aliphatic rings. The minimum Gasteiger partial charge on any atom is -0.313 e. The van der Waals surface area contributed by atoms with E-state index < -0.39 is 0 Å². The van der Waals surface area contributed by atoms with Crippen LogP contribution in [-0.2, 0) is 6.42 Å². The first-order valence-corrected chi connectivity index (χ1v) is 6.34. The van der Waals surface area contributed by atoms with E-state index >= 15 is 0 Å². The molecule has 90 valence electrons. The van der Waals surface area contributed by atoms with Crippen LogP contribution < -0.4 is 5.32 Å². The maximum absolute atomic E-state index is 6.12. The van der Waals surface area contributed by atoms with Gasteiger partial charge in [0.25, 0.3) is 0 Å². The molecule has 0 aliphatic carbocycles. The van der Waals surface area contributed by atoms with E-state index in [2.05, 4.69) is 31.1 Å². The van der Waals surface area contributed by atoms with E-state index in [1.807, 2.05) is 6.07 Å². The lowest BCUT2D eigenvalue weighted by Gasteiger charge is -2.22. The molecule has 0 radical (unpaired) electrons. The zero-order valence-electron chi connectivity index (χ0n) is 10.3. The number of halogens is 1. The maximum Gasteiger partial charge on any atom is 0.0621 e. The van der Waals surface area contributed by atoms with E-state index in [-0.39, 0.29) is 0 Å². The molecule has 0 fully saturated rings. The number of hydrogen-bond acceptors (Lipinski definition) is 2. The number of aromatic nitrogens is 1. The molecule has 0 saturated carbocycles. The van der Waals surface area contributed by atoms with Crippen molar-refractivity contribution in [3.8, 4) is 0 Å². The van der Waals surface area contributed by atoms with Crippen LogP contribution in [0.3, 0.4) is 0 Å². The van der Waals surface area contributed by atoms with Gasteiger partial charge in [0, 0.05) is 18.4 Å². The predicted octanol–water partition coefficient (Wildman–Crippen LogP) is 3.30. The van der Waals surface area contributed by atoms with E-state index in [1.165, 1.54) is 5.56 Å². The van der Waals surface area contributed by atoms with Gasteiger partial charge in [0.05, 0.1) is 5.02 Å². The van der Waals surface area contributed by atoms with Gasteiger partial charge in [-0.1, -0.05) is 32.4 Å². The molecule has 1 heterocycles. The fourth-order valence-electron chi connectivity index (χ4n) is 1.68. The summed E-state index contributed by atoms with van der Waals surface area (Å²) in [5.41, 5.74) is 1.18. The van der Waals surface area contributed by atoms with Crippen LogP contribution in [0.5, 0.6) is 0 Å². The van der Waals surface area contributed by atoms with E-state index in [9.17, 15) is 0 Å². The first-order chi connectivity index (χ1) is 7.65. The summed E-state index contributed by atoms with van der Waals surface area (Å²) in [7, 11) is 0. The Balaban J connectivity index is 2.64. The zero-order chi connectivity index (χ0) is 12.0. The molecule has 1 rings (SSSR count). The molecule has 0 saturated heterocycles. The second kappa shape index (κ2) is 6.87. The highest BCUT2D eigenvalue weighted by Crippen LogP contribution is 2.17. The SMILES string of the molecule is CCCNC(Cc1ccncc1Cl)C(C)C. The van der Waals surface area contributed by atoms with Gasteiger partial charge in [-0.05, 0) is 36.9 Å². The smallest absolute Gasteiger partial charge is 0.0621 e. The molecule has 0 aliphatic heterocycles. The van der Waals surface area contributed by atoms with E-state index in [0.717, 1.165) is 24.4 Å². The van der Waals surface area contributed by atoms with Gasteiger partial charge in [-0.2, -0.15) is 0 Å². The Morgan fingerprint density at radius 2 is 2.19 bits per heavy atom. The number of hydrogen-bond donors (Lipinski definition) is 1. The van der Waals surface area contributed by atoms with Gasteiger partial charge in [0.2, 0.25) is 0 Å². The van der Waals surface area contributed by atoms with Crippen LogP contribution in [0.15, 0.2) is 18.5 Å². The molecule has 3 heteroatoms. The summed E-state index contributed by atoms with van der Waals surface area (Å²) < 4.78 is 0. The Bertz CT molecular complexity index is 313. The third kappa shape index (κ3) is 4.11. The molecule has 0 bridgehead atoms. The van der Waals surface area contributed by atoms with Crippen molar-refractivity contribution in [1.82, 2.24) is 10.3 Å². The Labute approximate surface area is 103 Å². The second-order valence-electron chi connectivity index (χ2n) is 4.48. The third-order valence-electron chi connectivity index (χ3n) is 2.76.